The molecule has 2 aromatic rings. The molecule has 9 heteroatoms. The molecule has 0 aromatic heterocycles. The molecule has 2 fully saturated rings. The van der Waals surface area contributed by atoms with Gasteiger partial charge < -0.3 is 14.4 Å². The SMILES string of the molecule is C[C@H]1C/C=C/[C@H](OCC2CC2)[C@@H]2CC[C@H]2CN2C[C@@]3(CCCc4cc(Cl)ccc43)COc3ccc(cc32)C(=O)N=S(N)(=O)C1. The van der Waals surface area contributed by atoms with E-state index in [1.54, 1.807) is 6.07 Å². The number of benzene rings is 2. The number of halogens is 1. The molecule has 0 saturated heterocycles. The van der Waals surface area contributed by atoms with Crippen molar-refractivity contribution in [3.8, 4) is 5.75 Å². The van der Waals surface area contributed by atoms with Crippen LogP contribution >= 0.6 is 11.6 Å². The van der Waals surface area contributed by atoms with E-state index >= 15 is 0 Å². The first-order valence-electron chi connectivity index (χ1n) is 16.3. The van der Waals surface area contributed by atoms with Crippen molar-refractivity contribution in [2.45, 2.75) is 69.8 Å². The largest absolute Gasteiger partial charge is 0.490 e. The maximum Gasteiger partial charge on any atom is 0.286 e. The number of allylic oxidation sites excluding steroid dienone is 1. The van der Waals surface area contributed by atoms with Crippen LogP contribution in [0.4, 0.5) is 5.69 Å². The highest BCUT2D eigenvalue weighted by Gasteiger charge is 2.44. The monoisotopic (exact) mass is 637 g/mol. The average molecular weight is 638 g/mol. The minimum absolute atomic E-state index is 0.0230. The Morgan fingerprint density at radius 1 is 1.18 bits per heavy atom. The molecule has 236 valence electrons. The highest BCUT2D eigenvalue weighted by molar-refractivity contribution is 7.91. The van der Waals surface area contributed by atoms with Crippen molar-refractivity contribution in [1.29, 1.82) is 0 Å². The number of rotatable bonds is 3. The van der Waals surface area contributed by atoms with E-state index in [2.05, 4.69) is 33.5 Å². The summed E-state index contributed by atoms with van der Waals surface area (Å²) in [4.78, 5) is 15.8. The van der Waals surface area contributed by atoms with E-state index in [4.69, 9.17) is 26.2 Å². The van der Waals surface area contributed by atoms with Crippen LogP contribution in [0.25, 0.3) is 0 Å². The van der Waals surface area contributed by atoms with Crippen LogP contribution in [0.3, 0.4) is 0 Å². The molecule has 44 heavy (non-hydrogen) atoms. The summed E-state index contributed by atoms with van der Waals surface area (Å²) in [6.45, 7) is 5.01. The Hall–Kier alpha value is -2.39. The number of nitrogens with zero attached hydrogens (tertiary/aromatic N) is 2. The van der Waals surface area contributed by atoms with Crippen LogP contribution in [-0.2, 0) is 26.5 Å². The van der Waals surface area contributed by atoms with Crippen LogP contribution in [0, 0.1) is 23.7 Å². The fraction of sp³-hybridized carbons (Fsp3) is 0.571. The van der Waals surface area contributed by atoms with Crippen molar-refractivity contribution in [2.75, 3.05) is 37.0 Å². The van der Waals surface area contributed by atoms with Gasteiger partial charge in [0.25, 0.3) is 5.91 Å². The number of hydrogen-bond donors (Lipinski definition) is 1. The minimum Gasteiger partial charge on any atom is -0.490 e. The lowest BCUT2D eigenvalue weighted by atomic mass is 9.68. The van der Waals surface area contributed by atoms with Gasteiger partial charge in [0.1, 0.15) is 15.7 Å². The summed E-state index contributed by atoms with van der Waals surface area (Å²) < 4.78 is 30.6. The van der Waals surface area contributed by atoms with Crippen molar-refractivity contribution in [3.63, 3.8) is 0 Å². The summed E-state index contributed by atoms with van der Waals surface area (Å²) in [7, 11) is -3.19. The molecule has 2 bridgehead atoms. The van der Waals surface area contributed by atoms with Gasteiger partial charge in [-0.3, -0.25) is 4.79 Å². The van der Waals surface area contributed by atoms with Crippen LogP contribution in [0.1, 0.15) is 73.4 Å². The Morgan fingerprint density at radius 3 is 2.84 bits per heavy atom. The van der Waals surface area contributed by atoms with Crippen molar-refractivity contribution in [1.82, 2.24) is 0 Å². The third-order valence-corrected chi connectivity index (χ3v) is 12.2. The Kier molecular flexibility index (Phi) is 8.32. The Labute approximate surface area is 266 Å². The zero-order valence-electron chi connectivity index (χ0n) is 25.6. The second kappa shape index (κ2) is 12.1. The zero-order chi connectivity index (χ0) is 30.5. The number of carbonyl (C=O) groups is 1. The van der Waals surface area contributed by atoms with Gasteiger partial charge in [0.2, 0.25) is 0 Å². The standard InChI is InChI=1S/C35H44ClN3O4S/c1-23-4-2-6-32(42-19-24-7-8-24)29-12-9-27(29)18-39-21-35(15-3-5-25-16-28(36)11-13-30(25)35)22-43-33-14-10-26(17-31(33)39)34(40)38-44(37,41)20-23/h2,6,10-11,13-14,16-17,23-24,27,29,32H,3-5,7-9,12,15,18-22H2,1H3,(H2,37,38,40,41)/b6-2+/t23-,27-,29+,32-,35-,44?/m0/s1. The van der Waals surface area contributed by atoms with E-state index in [0.717, 1.165) is 68.3 Å². The van der Waals surface area contributed by atoms with Gasteiger partial charge in [0.05, 0.1) is 25.0 Å². The van der Waals surface area contributed by atoms with Crippen molar-refractivity contribution >= 4 is 33.1 Å². The topological polar surface area (TPSA) is 94.2 Å². The summed E-state index contributed by atoms with van der Waals surface area (Å²) in [5.74, 6) is 1.98. The first-order valence-corrected chi connectivity index (χ1v) is 18.5. The van der Waals surface area contributed by atoms with Crippen molar-refractivity contribution < 1.29 is 18.5 Å². The van der Waals surface area contributed by atoms with E-state index in [9.17, 15) is 9.00 Å². The van der Waals surface area contributed by atoms with Gasteiger partial charge in [-0.25, -0.2) is 9.35 Å². The molecule has 1 amide bonds. The summed E-state index contributed by atoms with van der Waals surface area (Å²) in [6.07, 6.45) is 13.1. The number of carbonyl (C=O) groups excluding carboxylic acids is 1. The molecule has 2 saturated carbocycles. The first-order chi connectivity index (χ1) is 21.2. The van der Waals surface area contributed by atoms with E-state index in [1.165, 1.54) is 24.0 Å². The summed E-state index contributed by atoms with van der Waals surface area (Å²) in [5, 5.41) is 6.92. The van der Waals surface area contributed by atoms with E-state index < -0.39 is 15.8 Å². The molecular formula is C35H44ClN3O4S. The molecule has 5 aliphatic rings. The highest BCUT2D eigenvalue weighted by Crippen LogP contribution is 2.47. The van der Waals surface area contributed by atoms with Gasteiger partial charge in [-0.1, -0.05) is 36.7 Å². The molecule has 2 heterocycles. The second-order valence-electron chi connectivity index (χ2n) is 14.1. The number of aryl methyl sites for hydroxylation is 1. The van der Waals surface area contributed by atoms with Crippen LogP contribution in [-0.4, -0.2) is 48.3 Å². The molecule has 1 spiro atoms. The fourth-order valence-electron chi connectivity index (χ4n) is 7.79. The van der Waals surface area contributed by atoms with Crippen LogP contribution in [0.15, 0.2) is 52.9 Å². The van der Waals surface area contributed by atoms with Crippen LogP contribution in [0.5, 0.6) is 5.75 Å². The van der Waals surface area contributed by atoms with Gasteiger partial charge in [0, 0.05) is 34.8 Å². The average Bonchev–Trinajstić information content (AvgIpc) is 3.80. The van der Waals surface area contributed by atoms with E-state index in [0.29, 0.717) is 36.3 Å². The fourth-order valence-corrected chi connectivity index (χ4v) is 9.40. The van der Waals surface area contributed by atoms with Gasteiger partial charge in [-0.2, -0.15) is 0 Å². The zero-order valence-corrected chi connectivity index (χ0v) is 27.2. The molecule has 3 aliphatic carbocycles. The molecular weight excluding hydrogens is 594 g/mol. The van der Waals surface area contributed by atoms with Gasteiger partial charge >= 0.3 is 0 Å². The molecule has 7 rings (SSSR count). The lowest BCUT2D eigenvalue weighted by molar-refractivity contribution is -0.0182. The number of ether oxygens (including phenoxy) is 2. The summed E-state index contributed by atoms with van der Waals surface area (Å²) in [6, 6.07) is 11.8. The maximum atomic E-state index is 13.4. The smallest absolute Gasteiger partial charge is 0.286 e. The first kappa shape index (κ1) is 30.3. The molecule has 0 radical (unpaired) electrons. The van der Waals surface area contributed by atoms with E-state index in [-0.39, 0.29) is 23.2 Å². The van der Waals surface area contributed by atoms with Crippen LogP contribution < -0.4 is 14.8 Å². The summed E-state index contributed by atoms with van der Waals surface area (Å²) in [5.41, 5.74) is 3.70. The third-order valence-electron chi connectivity index (χ3n) is 10.5. The number of hydrogen-bond acceptors (Lipinski definition) is 5. The maximum absolute atomic E-state index is 13.4. The lowest BCUT2D eigenvalue weighted by Gasteiger charge is -2.46. The number of anilines is 1. The Bertz CT molecular complexity index is 1580. The molecule has 2 aromatic carbocycles. The van der Waals surface area contributed by atoms with E-state index in [1.807, 2.05) is 25.1 Å². The predicted octanol–water partition coefficient (Wildman–Crippen LogP) is 6.71. The number of fused-ring (bicyclic) bond motifs is 4. The predicted molar refractivity (Wildman–Crippen MR) is 176 cm³/mol. The number of nitrogens with two attached hydrogens (primary N) is 1. The quantitative estimate of drug-likeness (QED) is 0.378. The Balaban J connectivity index is 1.29. The molecule has 1 unspecified atom stereocenters. The van der Waals surface area contributed by atoms with Crippen LogP contribution in [0.2, 0.25) is 5.02 Å². The molecule has 2 aliphatic heterocycles. The van der Waals surface area contributed by atoms with Crippen molar-refractivity contribution in [2.24, 2.45) is 33.2 Å². The minimum atomic E-state index is -3.19. The van der Waals surface area contributed by atoms with Gasteiger partial charge in [-0.05, 0) is 116 Å². The number of amides is 1. The third kappa shape index (κ3) is 6.33. The molecule has 2 N–H and O–H groups in total. The lowest BCUT2D eigenvalue weighted by Crippen LogP contribution is -2.49. The Morgan fingerprint density at radius 2 is 2.05 bits per heavy atom. The molecule has 7 nitrogen and oxygen atoms in total. The molecule has 6 atom stereocenters. The second-order valence-corrected chi connectivity index (χ2v) is 16.4. The summed E-state index contributed by atoms with van der Waals surface area (Å²) >= 11 is 6.44. The normalized spacial score (nSPS) is 34.5. The highest BCUT2D eigenvalue weighted by atomic mass is 35.5. The van der Waals surface area contributed by atoms with Gasteiger partial charge in [-0.15, -0.1) is 4.36 Å². The van der Waals surface area contributed by atoms with Crippen molar-refractivity contribution in [3.05, 3.63) is 70.3 Å². The van der Waals surface area contributed by atoms with Gasteiger partial charge in [0.15, 0.2) is 0 Å².